The zero-order valence-corrected chi connectivity index (χ0v) is 14.3. The van der Waals surface area contributed by atoms with Crippen molar-refractivity contribution in [2.75, 3.05) is 0 Å². The number of hydrogen-bond acceptors (Lipinski definition) is 4. The molecule has 0 fully saturated rings. The minimum Gasteiger partial charge on any atom is -0.501 e. The van der Waals surface area contributed by atoms with E-state index in [4.69, 9.17) is 16.0 Å². The maximum absolute atomic E-state index is 12.1. The van der Waals surface area contributed by atoms with Crippen LogP contribution in [0.15, 0.2) is 50.2 Å². The van der Waals surface area contributed by atoms with Crippen LogP contribution in [0, 0.1) is 0 Å². The van der Waals surface area contributed by atoms with Crippen LogP contribution in [-0.2, 0) is 0 Å². The first-order valence-corrected chi connectivity index (χ1v) is 7.80. The minimum absolute atomic E-state index is 0.0489. The quantitative estimate of drug-likeness (QED) is 0.643. The number of benzene rings is 1. The van der Waals surface area contributed by atoms with Crippen molar-refractivity contribution in [1.29, 1.82) is 0 Å². The summed E-state index contributed by atoms with van der Waals surface area (Å²) in [5, 5.41) is 10.4. The molecule has 3 rings (SSSR count). The van der Waals surface area contributed by atoms with Crippen molar-refractivity contribution >= 4 is 38.6 Å². The van der Waals surface area contributed by atoms with Crippen molar-refractivity contribution in [2.45, 2.75) is 13.8 Å². The SMILES string of the molecule is CC.O=c1c(O)c(-c2ccc(Br)cc2)oc2cc(Cl)cnc12. The van der Waals surface area contributed by atoms with Gasteiger partial charge in [0.15, 0.2) is 16.9 Å². The molecule has 0 saturated carbocycles. The fourth-order valence-electron chi connectivity index (χ4n) is 1.84. The van der Waals surface area contributed by atoms with E-state index in [-0.39, 0.29) is 16.9 Å². The molecule has 0 radical (unpaired) electrons. The zero-order chi connectivity index (χ0) is 16.3. The maximum atomic E-state index is 12.1. The highest BCUT2D eigenvalue weighted by molar-refractivity contribution is 9.10. The van der Waals surface area contributed by atoms with E-state index in [2.05, 4.69) is 20.9 Å². The van der Waals surface area contributed by atoms with Crippen molar-refractivity contribution in [3.63, 3.8) is 0 Å². The van der Waals surface area contributed by atoms with Gasteiger partial charge in [-0.2, -0.15) is 0 Å². The first kappa shape index (κ1) is 16.5. The summed E-state index contributed by atoms with van der Waals surface area (Å²) in [4.78, 5) is 16.0. The molecule has 0 bridgehead atoms. The van der Waals surface area contributed by atoms with Crippen molar-refractivity contribution in [3.8, 4) is 17.1 Å². The van der Waals surface area contributed by atoms with Crippen LogP contribution in [0.4, 0.5) is 0 Å². The fraction of sp³-hybridized carbons (Fsp3) is 0.125. The zero-order valence-electron chi connectivity index (χ0n) is 11.9. The van der Waals surface area contributed by atoms with Crippen molar-refractivity contribution in [3.05, 3.63) is 56.2 Å². The monoisotopic (exact) mass is 381 g/mol. The third-order valence-corrected chi connectivity index (χ3v) is 3.52. The Hall–Kier alpha value is -1.85. The Balaban J connectivity index is 0.000000847. The highest BCUT2D eigenvalue weighted by Crippen LogP contribution is 2.30. The van der Waals surface area contributed by atoms with Gasteiger partial charge in [0.2, 0.25) is 5.75 Å². The Morgan fingerprint density at radius 1 is 1.23 bits per heavy atom. The first-order chi connectivity index (χ1) is 10.6. The van der Waals surface area contributed by atoms with Gasteiger partial charge in [0.05, 0.1) is 5.02 Å². The fourth-order valence-corrected chi connectivity index (χ4v) is 2.25. The number of pyridine rings is 1. The van der Waals surface area contributed by atoms with Gasteiger partial charge >= 0.3 is 0 Å². The number of aromatic hydroxyl groups is 1. The van der Waals surface area contributed by atoms with Gasteiger partial charge in [-0.05, 0) is 24.3 Å². The minimum atomic E-state index is -0.583. The number of halogens is 2. The number of rotatable bonds is 1. The number of aromatic nitrogens is 1. The van der Waals surface area contributed by atoms with Gasteiger partial charge in [-0.25, -0.2) is 4.98 Å². The van der Waals surface area contributed by atoms with E-state index in [0.717, 1.165) is 4.47 Å². The molecule has 0 spiro atoms. The van der Waals surface area contributed by atoms with E-state index in [1.165, 1.54) is 12.3 Å². The highest BCUT2D eigenvalue weighted by atomic mass is 79.9. The van der Waals surface area contributed by atoms with Gasteiger partial charge in [0.25, 0.3) is 5.43 Å². The lowest BCUT2D eigenvalue weighted by Crippen LogP contribution is -2.04. The molecule has 0 aliphatic rings. The summed E-state index contributed by atoms with van der Waals surface area (Å²) in [7, 11) is 0. The third kappa shape index (κ3) is 3.15. The predicted molar refractivity (Wildman–Crippen MR) is 91.4 cm³/mol. The second kappa shape index (κ2) is 6.94. The summed E-state index contributed by atoms with van der Waals surface area (Å²) in [5.41, 5.74) is 0.288. The van der Waals surface area contributed by atoms with E-state index < -0.39 is 11.2 Å². The Bertz CT molecular complexity index is 860. The average molecular weight is 383 g/mol. The van der Waals surface area contributed by atoms with E-state index in [0.29, 0.717) is 10.6 Å². The first-order valence-electron chi connectivity index (χ1n) is 6.63. The summed E-state index contributed by atoms with van der Waals surface area (Å²) in [6.45, 7) is 4.00. The second-order valence-electron chi connectivity index (χ2n) is 4.12. The predicted octanol–water partition coefficient (Wildman–Crippen LogP) is 5.00. The molecule has 4 nitrogen and oxygen atoms in total. The van der Waals surface area contributed by atoms with Crippen LogP contribution in [0.25, 0.3) is 22.4 Å². The largest absolute Gasteiger partial charge is 0.501 e. The van der Waals surface area contributed by atoms with Crippen LogP contribution in [0.5, 0.6) is 5.75 Å². The van der Waals surface area contributed by atoms with E-state index in [1.807, 2.05) is 13.8 Å². The van der Waals surface area contributed by atoms with Gasteiger partial charge in [0.1, 0.15) is 0 Å². The number of fused-ring (bicyclic) bond motifs is 1. The van der Waals surface area contributed by atoms with Gasteiger partial charge in [-0.1, -0.05) is 41.4 Å². The molecule has 3 aromatic rings. The van der Waals surface area contributed by atoms with Crippen molar-refractivity contribution in [1.82, 2.24) is 4.98 Å². The van der Waals surface area contributed by atoms with E-state index in [1.54, 1.807) is 24.3 Å². The summed E-state index contributed by atoms with van der Waals surface area (Å²) >= 11 is 9.15. The summed E-state index contributed by atoms with van der Waals surface area (Å²) < 4.78 is 6.45. The van der Waals surface area contributed by atoms with E-state index >= 15 is 0 Å². The molecule has 1 aromatic carbocycles. The van der Waals surface area contributed by atoms with Gasteiger partial charge in [-0.3, -0.25) is 4.79 Å². The standard InChI is InChI=1S/C14H7BrClNO3.C2H6/c15-8-3-1-7(2-4-8)14-13(19)12(18)11-10(20-14)5-9(16)6-17-11;1-2/h1-6,19H;1-2H3. The lowest BCUT2D eigenvalue weighted by Gasteiger charge is -2.05. The summed E-state index contributed by atoms with van der Waals surface area (Å²) in [6.07, 6.45) is 1.33. The Labute approximate surface area is 140 Å². The molecule has 0 saturated heterocycles. The maximum Gasteiger partial charge on any atom is 0.253 e. The van der Waals surface area contributed by atoms with Crippen LogP contribution in [-0.4, -0.2) is 10.1 Å². The Kier molecular flexibility index (Phi) is 5.21. The van der Waals surface area contributed by atoms with Gasteiger partial charge in [-0.15, -0.1) is 0 Å². The highest BCUT2D eigenvalue weighted by Gasteiger charge is 2.16. The van der Waals surface area contributed by atoms with Crippen LogP contribution < -0.4 is 5.43 Å². The van der Waals surface area contributed by atoms with E-state index in [9.17, 15) is 9.90 Å². The second-order valence-corrected chi connectivity index (χ2v) is 5.47. The van der Waals surface area contributed by atoms with Crippen molar-refractivity contribution < 1.29 is 9.52 Å². The molecule has 114 valence electrons. The molecule has 6 heteroatoms. The van der Waals surface area contributed by atoms with Crippen molar-refractivity contribution in [2.24, 2.45) is 0 Å². The third-order valence-electron chi connectivity index (χ3n) is 2.78. The van der Waals surface area contributed by atoms with Crippen LogP contribution in [0.1, 0.15) is 13.8 Å². The molecule has 2 aromatic heterocycles. The van der Waals surface area contributed by atoms with Crippen LogP contribution >= 0.6 is 27.5 Å². The van der Waals surface area contributed by atoms with Gasteiger partial charge < -0.3 is 9.52 Å². The number of nitrogens with zero attached hydrogens (tertiary/aromatic N) is 1. The molecule has 22 heavy (non-hydrogen) atoms. The normalized spacial score (nSPS) is 10.2. The molecular weight excluding hydrogens is 370 g/mol. The summed E-state index contributed by atoms with van der Waals surface area (Å²) in [6, 6.07) is 8.52. The van der Waals surface area contributed by atoms with Gasteiger partial charge in [0, 0.05) is 22.3 Å². The molecular formula is C16H13BrClNO3. The molecule has 0 atom stereocenters. The average Bonchev–Trinajstić information content (AvgIpc) is 2.53. The topological polar surface area (TPSA) is 63.3 Å². The molecule has 0 amide bonds. The Morgan fingerprint density at radius 3 is 2.50 bits per heavy atom. The molecule has 0 aliphatic heterocycles. The Morgan fingerprint density at radius 2 is 1.86 bits per heavy atom. The number of hydrogen-bond donors (Lipinski definition) is 1. The lowest BCUT2D eigenvalue weighted by atomic mass is 10.1. The van der Waals surface area contributed by atoms with Crippen LogP contribution in [0.3, 0.4) is 0 Å². The molecule has 1 N–H and O–H groups in total. The summed E-state index contributed by atoms with van der Waals surface area (Å²) in [5.74, 6) is -0.367. The lowest BCUT2D eigenvalue weighted by molar-refractivity contribution is 0.448. The van der Waals surface area contributed by atoms with Crippen LogP contribution in [0.2, 0.25) is 5.02 Å². The molecule has 0 unspecified atom stereocenters. The smallest absolute Gasteiger partial charge is 0.253 e. The molecule has 2 heterocycles. The molecule has 0 aliphatic carbocycles.